The fraction of sp³-hybridized carbons (Fsp3) is 0.571. The Bertz CT molecular complexity index is 717. The van der Waals surface area contributed by atoms with E-state index in [1.54, 1.807) is 34.6 Å². The van der Waals surface area contributed by atoms with Crippen LogP contribution in [0.4, 0.5) is 14.5 Å². The molecule has 1 rings (SSSR count). The molecule has 0 spiro atoms. The van der Waals surface area contributed by atoms with Gasteiger partial charge in [0.2, 0.25) is 11.8 Å². The number of amides is 2. The number of carbonyl (C=O) groups excluding carboxylic acids is 3. The van der Waals surface area contributed by atoms with E-state index in [2.05, 4.69) is 0 Å². The van der Waals surface area contributed by atoms with Gasteiger partial charge in [0.25, 0.3) is 0 Å². The summed E-state index contributed by atoms with van der Waals surface area (Å²) in [6.45, 7) is 10.5. The standard InChI is InChI=1S/C21H29F2NO3S/c1-7-12(4)19(25)24(20(26)13(5)8-2)17-11-18(16(23)10-15(17)22)28-21(27)14(6)9-3/h10-14H,7-9H2,1-6H3. The largest absolute Gasteiger partial charge is 0.287 e. The number of halogens is 2. The molecule has 0 aliphatic rings. The number of hydrogen-bond donors (Lipinski definition) is 0. The highest BCUT2D eigenvalue weighted by atomic mass is 32.2. The van der Waals surface area contributed by atoms with E-state index in [9.17, 15) is 23.2 Å². The number of anilines is 1. The molecule has 0 aliphatic carbocycles. The van der Waals surface area contributed by atoms with Crippen LogP contribution in [0, 0.1) is 29.4 Å². The molecule has 4 nitrogen and oxygen atoms in total. The third-order valence-corrected chi connectivity index (χ3v) is 6.11. The summed E-state index contributed by atoms with van der Waals surface area (Å²) < 4.78 is 28.9. The summed E-state index contributed by atoms with van der Waals surface area (Å²) in [6, 6.07) is 1.72. The molecule has 0 heterocycles. The molecule has 3 unspecified atom stereocenters. The summed E-state index contributed by atoms with van der Waals surface area (Å²) in [5, 5.41) is -0.257. The van der Waals surface area contributed by atoms with Crippen LogP contribution >= 0.6 is 11.8 Å². The monoisotopic (exact) mass is 413 g/mol. The van der Waals surface area contributed by atoms with E-state index in [0.717, 1.165) is 11.0 Å². The number of carbonyl (C=O) groups is 3. The van der Waals surface area contributed by atoms with Crippen molar-refractivity contribution >= 4 is 34.4 Å². The first kappa shape index (κ1) is 24.3. The van der Waals surface area contributed by atoms with E-state index in [-0.39, 0.29) is 21.6 Å². The van der Waals surface area contributed by atoms with Crippen LogP contribution < -0.4 is 4.90 Å². The maximum absolute atomic E-state index is 14.6. The van der Waals surface area contributed by atoms with Gasteiger partial charge in [0.1, 0.15) is 11.6 Å². The van der Waals surface area contributed by atoms with Crippen LogP contribution in [0.3, 0.4) is 0 Å². The van der Waals surface area contributed by atoms with Crippen LogP contribution in [-0.2, 0) is 14.4 Å². The Morgan fingerprint density at radius 1 is 0.857 bits per heavy atom. The molecule has 0 aromatic heterocycles. The first-order chi connectivity index (χ1) is 13.1. The minimum absolute atomic E-state index is 0.0967. The van der Waals surface area contributed by atoms with E-state index in [1.165, 1.54) is 0 Å². The summed E-state index contributed by atoms with van der Waals surface area (Å²) in [5.74, 6) is -4.28. The molecule has 0 saturated heterocycles. The van der Waals surface area contributed by atoms with Gasteiger partial charge in [-0.3, -0.25) is 14.4 Å². The molecule has 28 heavy (non-hydrogen) atoms. The Morgan fingerprint density at radius 3 is 1.75 bits per heavy atom. The second-order valence-corrected chi connectivity index (χ2v) is 8.14. The summed E-state index contributed by atoms with van der Waals surface area (Å²) in [4.78, 5) is 38.6. The Morgan fingerprint density at radius 2 is 1.32 bits per heavy atom. The Kier molecular flexibility index (Phi) is 9.27. The van der Waals surface area contributed by atoms with Gasteiger partial charge in [-0.05, 0) is 37.1 Å². The molecule has 3 atom stereocenters. The van der Waals surface area contributed by atoms with Gasteiger partial charge < -0.3 is 0 Å². The highest BCUT2D eigenvalue weighted by Crippen LogP contribution is 2.33. The van der Waals surface area contributed by atoms with Crippen molar-refractivity contribution < 1.29 is 23.2 Å². The highest BCUT2D eigenvalue weighted by Gasteiger charge is 2.32. The molecule has 0 bridgehead atoms. The van der Waals surface area contributed by atoms with Crippen LogP contribution in [0.25, 0.3) is 0 Å². The zero-order valence-corrected chi connectivity index (χ0v) is 18.2. The lowest BCUT2D eigenvalue weighted by atomic mass is 10.0. The van der Waals surface area contributed by atoms with Crippen molar-refractivity contribution in [2.45, 2.75) is 65.7 Å². The first-order valence-electron chi connectivity index (χ1n) is 9.67. The first-order valence-corrected chi connectivity index (χ1v) is 10.5. The molecule has 1 aromatic rings. The maximum atomic E-state index is 14.6. The molecule has 0 aliphatic heterocycles. The lowest BCUT2D eigenvalue weighted by molar-refractivity contribution is -0.130. The van der Waals surface area contributed by atoms with Gasteiger partial charge in [-0.25, -0.2) is 13.7 Å². The van der Waals surface area contributed by atoms with E-state index in [4.69, 9.17) is 0 Å². The van der Waals surface area contributed by atoms with Gasteiger partial charge in [-0.2, -0.15) is 0 Å². The fourth-order valence-electron chi connectivity index (χ4n) is 2.28. The second-order valence-electron chi connectivity index (χ2n) is 7.09. The van der Waals surface area contributed by atoms with Crippen LogP contribution in [0.2, 0.25) is 0 Å². The van der Waals surface area contributed by atoms with Crippen LogP contribution in [-0.4, -0.2) is 16.9 Å². The van der Waals surface area contributed by atoms with Crippen LogP contribution in [0.5, 0.6) is 0 Å². The zero-order valence-electron chi connectivity index (χ0n) is 17.3. The molecule has 0 saturated carbocycles. The summed E-state index contributed by atoms with van der Waals surface area (Å²) in [7, 11) is 0. The number of thioether (sulfide) groups is 1. The highest BCUT2D eigenvalue weighted by molar-refractivity contribution is 8.13. The third-order valence-electron chi connectivity index (χ3n) is 4.98. The number of hydrogen-bond acceptors (Lipinski definition) is 4. The quantitative estimate of drug-likeness (QED) is 0.522. The van der Waals surface area contributed by atoms with Crippen molar-refractivity contribution in [3.05, 3.63) is 23.8 Å². The summed E-state index contributed by atoms with van der Waals surface area (Å²) in [5.41, 5.74) is -0.309. The minimum Gasteiger partial charge on any atom is -0.287 e. The molecular formula is C21H29F2NO3S. The van der Waals surface area contributed by atoms with Gasteiger partial charge in [-0.1, -0.05) is 41.5 Å². The van der Waals surface area contributed by atoms with E-state index in [1.807, 2.05) is 6.92 Å². The van der Waals surface area contributed by atoms with Crippen molar-refractivity contribution in [3.63, 3.8) is 0 Å². The number of benzene rings is 1. The number of imide groups is 1. The molecular weight excluding hydrogens is 384 g/mol. The Hall–Kier alpha value is -1.76. The summed E-state index contributed by atoms with van der Waals surface area (Å²) >= 11 is 0.665. The molecule has 0 N–H and O–H groups in total. The Balaban J connectivity index is 3.47. The van der Waals surface area contributed by atoms with Crippen molar-refractivity contribution in [2.24, 2.45) is 17.8 Å². The second kappa shape index (κ2) is 10.7. The topological polar surface area (TPSA) is 54.5 Å². The normalized spacial score (nSPS) is 14.3. The molecule has 0 radical (unpaired) electrons. The smallest absolute Gasteiger partial charge is 0.236 e. The minimum atomic E-state index is -1.01. The van der Waals surface area contributed by atoms with Gasteiger partial charge in [-0.15, -0.1) is 0 Å². The maximum Gasteiger partial charge on any atom is 0.236 e. The predicted molar refractivity (Wildman–Crippen MR) is 108 cm³/mol. The lowest BCUT2D eigenvalue weighted by Crippen LogP contribution is -2.43. The van der Waals surface area contributed by atoms with E-state index < -0.39 is 35.3 Å². The van der Waals surface area contributed by atoms with Gasteiger partial charge in [0, 0.05) is 23.8 Å². The molecule has 156 valence electrons. The average Bonchev–Trinajstić information content (AvgIpc) is 2.68. The Labute approximate surface area is 170 Å². The van der Waals surface area contributed by atoms with Gasteiger partial charge in [0.15, 0.2) is 5.12 Å². The van der Waals surface area contributed by atoms with Gasteiger partial charge >= 0.3 is 0 Å². The van der Waals surface area contributed by atoms with Crippen LogP contribution in [0.1, 0.15) is 60.8 Å². The van der Waals surface area contributed by atoms with Crippen molar-refractivity contribution in [3.8, 4) is 0 Å². The number of rotatable bonds is 8. The molecule has 7 heteroatoms. The summed E-state index contributed by atoms with van der Waals surface area (Å²) in [6.07, 6.45) is 1.53. The van der Waals surface area contributed by atoms with Crippen molar-refractivity contribution in [2.75, 3.05) is 4.90 Å². The van der Waals surface area contributed by atoms with E-state index in [0.29, 0.717) is 37.1 Å². The predicted octanol–water partition coefficient (Wildman–Crippen LogP) is 5.58. The molecule has 1 aromatic carbocycles. The third kappa shape index (κ3) is 5.63. The van der Waals surface area contributed by atoms with Gasteiger partial charge in [0.05, 0.1) is 10.6 Å². The van der Waals surface area contributed by atoms with E-state index >= 15 is 0 Å². The number of nitrogens with zero attached hydrogens (tertiary/aromatic N) is 1. The van der Waals surface area contributed by atoms with Crippen molar-refractivity contribution in [1.29, 1.82) is 0 Å². The van der Waals surface area contributed by atoms with Crippen molar-refractivity contribution in [1.82, 2.24) is 0 Å². The van der Waals surface area contributed by atoms with Crippen LogP contribution in [0.15, 0.2) is 17.0 Å². The molecule has 2 amide bonds. The lowest BCUT2D eigenvalue weighted by Gasteiger charge is -2.27. The average molecular weight is 414 g/mol. The molecule has 0 fully saturated rings. The SMILES string of the molecule is CCC(C)C(=O)Sc1cc(N(C(=O)C(C)CC)C(=O)C(C)CC)c(F)cc1F. The zero-order chi connectivity index (χ0) is 21.6. The fourth-order valence-corrected chi connectivity index (χ4v) is 3.19.